The van der Waals surface area contributed by atoms with Crippen LogP contribution in [0.25, 0.3) is 0 Å². The van der Waals surface area contributed by atoms with Gasteiger partial charge in [0.1, 0.15) is 0 Å². The molecule has 0 aromatic carbocycles. The highest BCUT2D eigenvalue weighted by molar-refractivity contribution is 5.81. The van der Waals surface area contributed by atoms with E-state index < -0.39 is 6.04 Å². The van der Waals surface area contributed by atoms with Crippen LogP contribution in [0, 0.1) is 5.92 Å². The highest BCUT2D eigenvalue weighted by atomic mass is 16.5. The van der Waals surface area contributed by atoms with Gasteiger partial charge >= 0.3 is 0 Å². The molecule has 84 valence electrons. The molecule has 0 fully saturated rings. The van der Waals surface area contributed by atoms with Gasteiger partial charge in [0.15, 0.2) is 0 Å². The second kappa shape index (κ2) is 7.73. The van der Waals surface area contributed by atoms with Crippen LogP contribution in [0.15, 0.2) is 0 Å². The summed E-state index contributed by atoms with van der Waals surface area (Å²) < 4.78 is 4.97. The molecule has 1 amide bonds. The largest absolute Gasteiger partial charge is 0.394 e. The van der Waals surface area contributed by atoms with Crippen molar-refractivity contribution in [3.63, 3.8) is 0 Å². The molecule has 0 saturated heterocycles. The van der Waals surface area contributed by atoms with Crippen molar-refractivity contribution in [1.82, 2.24) is 5.32 Å². The van der Waals surface area contributed by atoms with Crippen LogP contribution in [0.3, 0.4) is 0 Å². The first-order valence-electron chi connectivity index (χ1n) is 4.81. The number of nitrogens with one attached hydrogen (secondary N) is 1. The Morgan fingerprint density at radius 1 is 1.50 bits per heavy atom. The fourth-order valence-electron chi connectivity index (χ4n) is 0.834. The molecule has 0 heterocycles. The Bertz CT molecular complexity index is 162. The van der Waals surface area contributed by atoms with Crippen molar-refractivity contribution in [1.29, 1.82) is 0 Å². The summed E-state index contributed by atoms with van der Waals surface area (Å²) in [5.74, 6) is -0.0269. The summed E-state index contributed by atoms with van der Waals surface area (Å²) in [6, 6.07) is -0.465. The highest BCUT2D eigenvalue weighted by Gasteiger charge is 2.15. The van der Waals surface area contributed by atoms with Crippen LogP contribution < -0.4 is 11.1 Å². The van der Waals surface area contributed by atoms with Gasteiger partial charge in [0.25, 0.3) is 0 Å². The van der Waals surface area contributed by atoms with E-state index in [4.69, 9.17) is 15.6 Å². The third kappa shape index (κ3) is 5.90. The molecule has 0 aliphatic rings. The molecule has 0 spiro atoms. The predicted octanol–water partition coefficient (Wildman–Crippen LogP) is -0.905. The smallest absolute Gasteiger partial charge is 0.237 e. The van der Waals surface area contributed by atoms with E-state index in [-0.39, 0.29) is 18.4 Å². The molecule has 1 atom stereocenters. The molecular formula is C9H20N2O3. The van der Waals surface area contributed by atoms with Gasteiger partial charge < -0.3 is 20.9 Å². The van der Waals surface area contributed by atoms with Crippen LogP contribution in [0.2, 0.25) is 0 Å². The molecule has 5 heteroatoms. The average molecular weight is 204 g/mol. The minimum Gasteiger partial charge on any atom is -0.394 e. The zero-order valence-corrected chi connectivity index (χ0v) is 8.82. The molecule has 0 rings (SSSR count). The van der Waals surface area contributed by atoms with Crippen LogP contribution in [-0.4, -0.2) is 43.4 Å². The monoisotopic (exact) mass is 204 g/mol. The van der Waals surface area contributed by atoms with Gasteiger partial charge in [-0.25, -0.2) is 0 Å². The quantitative estimate of drug-likeness (QED) is 0.469. The number of nitrogens with two attached hydrogens (primary N) is 1. The molecule has 14 heavy (non-hydrogen) atoms. The summed E-state index contributed by atoms with van der Waals surface area (Å²) in [5, 5.41) is 11.1. The van der Waals surface area contributed by atoms with Gasteiger partial charge in [0, 0.05) is 6.54 Å². The second-order valence-electron chi connectivity index (χ2n) is 3.40. The van der Waals surface area contributed by atoms with E-state index in [1.807, 2.05) is 13.8 Å². The van der Waals surface area contributed by atoms with Gasteiger partial charge in [-0.2, -0.15) is 0 Å². The van der Waals surface area contributed by atoms with Gasteiger partial charge in [-0.05, 0) is 5.92 Å². The lowest BCUT2D eigenvalue weighted by Crippen LogP contribution is -2.44. The summed E-state index contributed by atoms with van der Waals surface area (Å²) in [7, 11) is 0. The number of hydrogen-bond donors (Lipinski definition) is 3. The molecule has 4 N–H and O–H groups in total. The maximum Gasteiger partial charge on any atom is 0.237 e. The van der Waals surface area contributed by atoms with Crippen LogP contribution in [0.1, 0.15) is 13.8 Å². The first kappa shape index (κ1) is 13.4. The number of carbonyl (C=O) groups is 1. The van der Waals surface area contributed by atoms with Crippen LogP contribution in [-0.2, 0) is 9.53 Å². The molecule has 5 nitrogen and oxygen atoms in total. The predicted molar refractivity (Wildman–Crippen MR) is 53.7 cm³/mol. The van der Waals surface area contributed by atoms with Crippen molar-refractivity contribution in [2.75, 3.05) is 26.4 Å². The number of carbonyl (C=O) groups excluding carboxylic acids is 1. The Morgan fingerprint density at radius 3 is 2.64 bits per heavy atom. The number of aliphatic hydroxyl groups excluding tert-OH is 1. The molecule has 0 radical (unpaired) electrons. The minimum atomic E-state index is -0.465. The van der Waals surface area contributed by atoms with Crippen molar-refractivity contribution in [2.24, 2.45) is 11.7 Å². The lowest BCUT2D eigenvalue weighted by Gasteiger charge is -2.15. The van der Waals surface area contributed by atoms with Gasteiger partial charge in [-0.15, -0.1) is 0 Å². The Morgan fingerprint density at radius 2 is 2.14 bits per heavy atom. The van der Waals surface area contributed by atoms with Crippen molar-refractivity contribution < 1.29 is 14.6 Å². The molecule has 0 aliphatic carbocycles. The van der Waals surface area contributed by atoms with Crippen molar-refractivity contribution in [2.45, 2.75) is 19.9 Å². The maximum atomic E-state index is 11.3. The first-order chi connectivity index (χ1) is 6.59. The van der Waals surface area contributed by atoms with Crippen molar-refractivity contribution >= 4 is 5.91 Å². The van der Waals surface area contributed by atoms with Crippen molar-refractivity contribution in [3.05, 3.63) is 0 Å². The maximum absolute atomic E-state index is 11.3. The fraction of sp³-hybridized carbons (Fsp3) is 0.889. The highest BCUT2D eigenvalue weighted by Crippen LogP contribution is 1.97. The summed E-state index contributed by atoms with van der Waals surface area (Å²) in [6.07, 6.45) is 0. The van der Waals surface area contributed by atoms with Gasteiger partial charge in [-0.3, -0.25) is 4.79 Å². The third-order valence-corrected chi connectivity index (χ3v) is 1.80. The second-order valence-corrected chi connectivity index (χ2v) is 3.40. The lowest BCUT2D eigenvalue weighted by atomic mass is 10.1. The topological polar surface area (TPSA) is 84.6 Å². The Kier molecular flexibility index (Phi) is 7.37. The summed E-state index contributed by atoms with van der Waals surface area (Å²) in [6.45, 7) is 4.92. The van der Waals surface area contributed by atoms with Gasteiger partial charge in [0.05, 0.1) is 25.9 Å². The standard InChI is InChI=1S/C9H20N2O3/c1-7(2)8(10)9(13)11-3-5-14-6-4-12/h7-8,12H,3-6,10H2,1-2H3,(H,11,13)/t8-/m1/s1. The Balaban J connectivity index is 3.44. The summed E-state index contributed by atoms with van der Waals surface area (Å²) >= 11 is 0. The fourth-order valence-corrected chi connectivity index (χ4v) is 0.834. The molecule has 0 aliphatic heterocycles. The van der Waals surface area contributed by atoms with E-state index in [1.165, 1.54) is 0 Å². The van der Waals surface area contributed by atoms with E-state index in [2.05, 4.69) is 5.32 Å². The van der Waals surface area contributed by atoms with E-state index in [0.29, 0.717) is 19.8 Å². The zero-order chi connectivity index (χ0) is 11.0. The molecule has 0 bridgehead atoms. The van der Waals surface area contributed by atoms with Crippen LogP contribution in [0.4, 0.5) is 0 Å². The minimum absolute atomic E-state index is 0.000541. The van der Waals surface area contributed by atoms with Gasteiger partial charge in [0.2, 0.25) is 5.91 Å². The number of rotatable bonds is 7. The van der Waals surface area contributed by atoms with Crippen LogP contribution in [0.5, 0.6) is 0 Å². The molecule has 0 aromatic rings. The normalized spacial score (nSPS) is 12.9. The Labute approximate surface area is 84.6 Å². The SMILES string of the molecule is CC(C)[C@@H](N)C(=O)NCCOCCO. The number of hydrogen-bond acceptors (Lipinski definition) is 4. The van der Waals surface area contributed by atoms with E-state index in [0.717, 1.165) is 0 Å². The zero-order valence-electron chi connectivity index (χ0n) is 8.82. The van der Waals surface area contributed by atoms with E-state index in [9.17, 15) is 4.79 Å². The Hall–Kier alpha value is -0.650. The van der Waals surface area contributed by atoms with E-state index in [1.54, 1.807) is 0 Å². The van der Waals surface area contributed by atoms with E-state index >= 15 is 0 Å². The molecule has 0 saturated carbocycles. The number of ether oxygens (including phenoxy) is 1. The van der Waals surface area contributed by atoms with Crippen LogP contribution >= 0.6 is 0 Å². The summed E-state index contributed by atoms with van der Waals surface area (Å²) in [5.41, 5.74) is 5.61. The molecule has 0 aromatic heterocycles. The summed E-state index contributed by atoms with van der Waals surface area (Å²) in [4.78, 5) is 11.3. The number of amides is 1. The molecule has 0 unspecified atom stereocenters. The van der Waals surface area contributed by atoms with Gasteiger partial charge in [-0.1, -0.05) is 13.8 Å². The lowest BCUT2D eigenvalue weighted by molar-refractivity contribution is -0.123. The first-order valence-corrected chi connectivity index (χ1v) is 4.81. The third-order valence-electron chi connectivity index (χ3n) is 1.80. The average Bonchev–Trinajstić information content (AvgIpc) is 2.16. The number of aliphatic hydroxyl groups is 1. The molecular weight excluding hydrogens is 184 g/mol. The van der Waals surface area contributed by atoms with Crippen molar-refractivity contribution in [3.8, 4) is 0 Å².